The Labute approximate surface area is 78.5 Å². The summed E-state index contributed by atoms with van der Waals surface area (Å²) in [6.45, 7) is 16.5. The fourth-order valence-corrected chi connectivity index (χ4v) is 0. The number of hydrogen-bond donors (Lipinski definition) is 0. The molecule has 0 rings (SSSR count). The average Bonchev–Trinajstić information content (AvgIpc) is 1.70. The zero-order valence-corrected chi connectivity index (χ0v) is 8.97. The summed E-state index contributed by atoms with van der Waals surface area (Å²) in [4.78, 5) is 0. The van der Waals surface area contributed by atoms with Crippen LogP contribution in [0, 0.1) is 20.8 Å². The molecule has 0 saturated heterocycles. The largest absolute Gasteiger partial charge is 3.00 e. The van der Waals surface area contributed by atoms with E-state index >= 15 is 0 Å². The molecule has 0 aromatic rings. The summed E-state index contributed by atoms with van der Waals surface area (Å²) >= 11 is 0. The van der Waals surface area contributed by atoms with E-state index in [2.05, 4.69) is 20.8 Å². The first kappa shape index (κ1) is 22.4. The van der Waals surface area contributed by atoms with Gasteiger partial charge in [0.25, 0.3) is 0 Å². The minimum Gasteiger partial charge on any atom is -0.344 e. The zero-order chi connectivity index (χ0) is 8.12. The summed E-state index contributed by atoms with van der Waals surface area (Å²) in [6, 6.07) is 0. The van der Waals surface area contributed by atoms with Crippen molar-refractivity contribution in [3.8, 4) is 0 Å². The molecule has 0 radical (unpaired) electrons. The first-order chi connectivity index (χ1) is 4.24. The Kier molecular flexibility index (Phi) is 125. The van der Waals surface area contributed by atoms with E-state index in [0.717, 1.165) is 19.3 Å². The minimum absolute atomic E-state index is 0. The van der Waals surface area contributed by atoms with Gasteiger partial charge in [-0.3, -0.25) is 0 Å². The van der Waals surface area contributed by atoms with Crippen molar-refractivity contribution in [1.29, 1.82) is 0 Å². The van der Waals surface area contributed by atoms with Crippen LogP contribution in [0.25, 0.3) is 0 Å². The van der Waals surface area contributed by atoms with E-state index in [9.17, 15) is 0 Å². The van der Waals surface area contributed by atoms with Gasteiger partial charge in [-0.2, -0.15) is 19.3 Å². The van der Waals surface area contributed by atoms with Crippen molar-refractivity contribution in [3.63, 3.8) is 0 Å². The van der Waals surface area contributed by atoms with Crippen molar-refractivity contribution in [2.24, 2.45) is 0 Å². The third kappa shape index (κ3) is 1710. The fourth-order valence-electron chi connectivity index (χ4n) is 0. The number of hydrogen-bond acceptors (Lipinski definition) is 0. The molecule has 0 fully saturated rings. The topological polar surface area (TPSA) is 0 Å². The molecule has 10 heavy (non-hydrogen) atoms. The van der Waals surface area contributed by atoms with Crippen LogP contribution in [0.1, 0.15) is 40.0 Å². The summed E-state index contributed by atoms with van der Waals surface area (Å²) in [5.41, 5.74) is 0. The Bertz CT molecular complexity index is 9.44. The van der Waals surface area contributed by atoms with E-state index < -0.39 is 0 Å². The van der Waals surface area contributed by atoms with Gasteiger partial charge in [-0.15, -0.1) is 0 Å². The van der Waals surface area contributed by atoms with Crippen LogP contribution < -0.4 is 0 Å². The van der Waals surface area contributed by atoms with Crippen LogP contribution in [0.2, 0.25) is 0 Å². The average molecular weight is 156 g/mol. The molecule has 0 N–H and O–H groups in total. The Morgan fingerprint density at radius 3 is 0.700 bits per heavy atom. The molecule has 0 atom stereocenters. The first-order valence-electron chi connectivity index (χ1n) is 3.62. The van der Waals surface area contributed by atoms with Crippen LogP contribution in [-0.2, 0) is 0 Å². The van der Waals surface area contributed by atoms with Crippen molar-refractivity contribution in [2.75, 3.05) is 0 Å². The van der Waals surface area contributed by atoms with E-state index in [1.165, 1.54) is 0 Å². The maximum atomic E-state index is 3.49. The second-order valence-electron chi connectivity index (χ2n) is 1.50. The van der Waals surface area contributed by atoms with Gasteiger partial charge >= 0.3 is 17.4 Å². The van der Waals surface area contributed by atoms with Crippen LogP contribution >= 0.6 is 0 Å². The summed E-state index contributed by atoms with van der Waals surface area (Å²) in [6.07, 6.45) is 3.00. The van der Waals surface area contributed by atoms with Crippen LogP contribution in [0.4, 0.5) is 0 Å². The van der Waals surface area contributed by atoms with E-state index in [-0.39, 0.29) is 17.4 Å². The summed E-state index contributed by atoms with van der Waals surface area (Å²) in [5.74, 6) is 0. The van der Waals surface area contributed by atoms with Gasteiger partial charge in [0.05, 0.1) is 0 Å². The van der Waals surface area contributed by atoms with Crippen molar-refractivity contribution < 1.29 is 0 Å². The fraction of sp³-hybridized carbons (Fsp3) is 0.667. The molecule has 0 spiro atoms. The third-order valence-corrected chi connectivity index (χ3v) is 0. The van der Waals surface area contributed by atoms with E-state index in [4.69, 9.17) is 0 Å². The molecule has 0 aliphatic heterocycles. The van der Waals surface area contributed by atoms with Crippen LogP contribution in [0.15, 0.2) is 0 Å². The van der Waals surface area contributed by atoms with Crippen LogP contribution in [-0.4, -0.2) is 17.4 Å². The maximum absolute atomic E-state index is 3.49. The monoisotopic (exact) mass is 156 g/mol. The first-order valence-corrected chi connectivity index (χ1v) is 3.62. The zero-order valence-electron chi connectivity index (χ0n) is 7.82. The molecule has 0 aliphatic carbocycles. The quantitative estimate of drug-likeness (QED) is 0.373. The molecule has 0 saturated carbocycles. The molecule has 0 unspecified atom stereocenters. The van der Waals surface area contributed by atoms with Gasteiger partial charge in [-0.1, -0.05) is 20.8 Å². The second-order valence-corrected chi connectivity index (χ2v) is 1.50. The Morgan fingerprint density at radius 2 is 0.700 bits per heavy atom. The predicted molar refractivity (Wildman–Crippen MR) is 52.7 cm³/mol. The van der Waals surface area contributed by atoms with Gasteiger partial charge in [-0.25, -0.2) is 0 Å². The molecule has 1 heteroatoms. The normalized spacial score (nSPS) is 5.40. The molecule has 0 heterocycles. The summed E-state index contributed by atoms with van der Waals surface area (Å²) in [7, 11) is 0. The molecule has 60 valence electrons. The molecule has 0 aromatic carbocycles. The standard InChI is InChI=1S/3C3H7.Al/c3*1-3-2;/h3*1,3H2,2H3;/q3*-1;+3. The molecule has 0 bridgehead atoms. The van der Waals surface area contributed by atoms with E-state index in [1.54, 1.807) is 0 Å². The number of rotatable bonds is 0. The molecular weight excluding hydrogens is 135 g/mol. The SMILES string of the molecule is [Al+3].[CH2-]CC.[CH2-]CC.[CH2-]CC. The Morgan fingerprint density at radius 1 is 0.700 bits per heavy atom. The Balaban J connectivity index is -0.0000000257. The van der Waals surface area contributed by atoms with E-state index in [1.807, 2.05) is 20.8 Å². The maximum Gasteiger partial charge on any atom is 3.00 e. The van der Waals surface area contributed by atoms with Gasteiger partial charge in [0.15, 0.2) is 0 Å². The van der Waals surface area contributed by atoms with Gasteiger partial charge < -0.3 is 20.8 Å². The smallest absolute Gasteiger partial charge is 0.344 e. The van der Waals surface area contributed by atoms with Crippen molar-refractivity contribution in [1.82, 2.24) is 0 Å². The third-order valence-electron chi connectivity index (χ3n) is 0. The predicted octanol–water partition coefficient (Wildman–Crippen LogP) is 3.31. The van der Waals surface area contributed by atoms with Gasteiger partial charge in [0.2, 0.25) is 0 Å². The molecule has 0 nitrogen and oxygen atoms in total. The Hall–Kier alpha value is 0.532. The summed E-state index contributed by atoms with van der Waals surface area (Å²) < 4.78 is 0. The van der Waals surface area contributed by atoms with Gasteiger partial charge in [0.1, 0.15) is 0 Å². The second kappa shape index (κ2) is 55.6. The molecule has 0 amide bonds. The summed E-state index contributed by atoms with van der Waals surface area (Å²) in [5, 5.41) is 0. The van der Waals surface area contributed by atoms with Gasteiger partial charge in [-0.05, 0) is 0 Å². The molecule has 0 aliphatic rings. The van der Waals surface area contributed by atoms with Crippen molar-refractivity contribution >= 4 is 17.4 Å². The van der Waals surface area contributed by atoms with Gasteiger partial charge in [0, 0.05) is 0 Å². The minimum atomic E-state index is 0. The van der Waals surface area contributed by atoms with E-state index in [0.29, 0.717) is 0 Å². The molecular formula is C9H21Al. The molecule has 0 aromatic heterocycles. The van der Waals surface area contributed by atoms with Crippen LogP contribution in [0.5, 0.6) is 0 Å². The van der Waals surface area contributed by atoms with Crippen LogP contribution in [0.3, 0.4) is 0 Å². The van der Waals surface area contributed by atoms with Crippen molar-refractivity contribution in [2.45, 2.75) is 40.0 Å². The van der Waals surface area contributed by atoms with Crippen molar-refractivity contribution in [3.05, 3.63) is 20.8 Å².